The lowest BCUT2D eigenvalue weighted by Crippen LogP contribution is -2.30. The van der Waals surface area contributed by atoms with E-state index in [2.05, 4.69) is 10.0 Å². The monoisotopic (exact) mass is 463 g/mol. The predicted molar refractivity (Wildman–Crippen MR) is 119 cm³/mol. The van der Waals surface area contributed by atoms with Crippen molar-refractivity contribution in [3.8, 4) is 11.3 Å². The minimum atomic E-state index is -3.63. The summed E-state index contributed by atoms with van der Waals surface area (Å²) >= 11 is 1.01. The molecule has 1 heterocycles. The van der Waals surface area contributed by atoms with Crippen molar-refractivity contribution in [1.82, 2.24) is 9.29 Å². The Hall–Kier alpha value is -2.82. The number of rotatable bonds is 7. The molecular formula is C21H22FN3O4S2. The molecule has 7 nitrogen and oxygen atoms in total. The summed E-state index contributed by atoms with van der Waals surface area (Å²) in [6.07, 6.45) is 0. The van der Waals surface area contributed by atoms with Crippen LogP contribution in [0.2, 0.25) is 0 Å². The molecular weight excluding hydrogens is 441 g/mol. The van der Waals surface area contributed by atoms with Crippen molar-refractivity contribution >= 4 is 33.0 Å². The lowest BCUT2D eigenvalue weighted by atomic mass is 10.1. The Morgan fingerprint density at radius 1 is 1.10 bits per heavy atom. The van der Waals surface area contributed by atoms with E-state index in [9.17, 15) is 22.4 Å². The normalized spacial score (nSPS) is 11.6. The molecule has 0 radical (unpaired) electrons. The van der Waals surface area contributed by atoms with Crippen molar-refractivity contribution in [3.63, 3.8) is 0 Å². The maximum absolute atomic E-state index is 13.3. The fraction of sp³-hybridized carbons (Fsp3) is 0.238. The lowest BCUT2D eigenvalue weighted by molar-refractivity contribution is -0.116. The van der Waals surface area contributed by atoms with Gasteiger partial charge in [-0.05, 0) is 74.9 Å². The van der Waals surface area contributed by atoms with Crippen LogP contribution >= 0.6 is 11.3 Å². The number of carbonyl (C=O) groups excluding carboxylic acids is 1. The molecule has 0 saturated carbocycles. The Morgan fingerprint density at radius 2 is 1.71 bits per heavy atom. The number of amides is 1. The third-order valence-electron chi connectivity index (χ3n) is 4.32. The molecule has 10 heteroatoms. The van der Waals surface area contributed by atoms with Gasteiger partial charge in [0.05, 0.1) is 10.6 Å². The molecule has 0 aliphatic rings. The third-order valence-corrected chi connectivity index (χ3v) is 6.89. The number of sulfonamides is 1. The largest absolute Gasteiger partial charge is 0.325 e. The van der Waals surface area contributed by atoms with Crippen LogP contribution in [0.4, 0.5) is 10.1 Å². The summed E-state index contributed by atoms with van der Waals surface area (Å²) in [4.78, 5) is 25.4. The van der Waals surface area contributed by atoms with E-state index < -0.39 is 21.7 Å². The van der Waals surface area contributed by atoms with Crippen LogP contribution in [0.15, 0.2) is 58.2 Å². The first-order valence-corrected chi connectivity index (χ1v) is 11.7. The van der Waals surface area contributed by atoms with Gasteiger partial charge in [0.15, 0.2) is 0 Å². The van der Waals surface area contributed by atoms with Crippen LogP contribution in [0.25, 0.3) is 11.3 Å². The predicted octanol–water partition coefficient (Wildman–Crippen LogP) is 3.35. The summed E-state index contributed by atoms with van der Waals surface area (Å²) in [5.41, 5.74) is 1.60. The molecule has 31 heavy (non-hydrogen) atoms. The molecule has 0 aliphatic carbocycles. The molecule has 164 valence electrons. The van der Waals surface area contributed by atoms with Gasteiger partial charge in [0.1, 0.15) is 12.4 Å². The summed E-state index contributed by atoms with van der Waals surface area (Å²) in [5, 5.41) is 2.66. The third kappa shape index (κ3) is 5.46. The van der Waals surface area contributed by atoms with Crippen molar-refractivity contribution < 1.29 is 17.6 Å². The number of thiazole rings is 1. The van der Waals surface area contributed by atoms with Gasteiger partial charge in [-0.1, -0.05) is 11.3 Å². The van der Waals surface area contributed by atoms with Crippen molar-refractivity contribution in [2.45, 2.75) is 38.3 Å². The minimum Gasteiger partial charge on any atom is -0.325 e. The number of anilines is 1. The van der Waals surface area contributed by atoms with Crippen LogP contribution < -0.4 is 14.9 Å². The summed E-state index contributed by atoms with van der Waals surface area (Å²) in [7, 11) is -3.63. The van der Waals surface area contributed by atoms with Gasteiger partial charge in [-0.15, -0.1) is 0 Å². The molecule has 0 saturated heterocycles. The van der Waals surface area contributed by atoms with Crippen molar-refractivity contribution in [2.75, 3.05) is 5.32 Å². The number of benzene rings is 2. The highest BCUT2D eigenvalue weighted by molar-refractivity contribution is 7.89. The van der Waals surface area contributed by atoms with Crippen LogP contribution in [0.3, 0.4) is 0 Å². The standard InChI is InChI=1S/C21H22FN3O4S2/c1-13(2)24-31(28,29)18-10-8-17(9-11-18)23-19(26)12-25-20(14(3)30-21(25)27)15-4-6-16(22)7-5-15/h4-11,13,24H,12H2,1-3H3,(H,23,26). The van der Waals surface area contributed by atoms with Gasteiger partial charge in [-0.25, -0.2) is 17.5 Å². The number of halogens is 1. The molecule has 0 unspecified atom stereocenters. The second-order valence-electron chi connectivity index (χ2n) is 7.21. The Bertz CT molecular complexity index is 1250. The second-order valence-corrected chi connectivity index (χ2v) is 10.1. The molecule has 1 aromatic heterocycles. The molecule has 1 amide bonds. The SMILES string of the molecule is Cc1sc(=O)n(CC(=O)Nc2ccc(S(=O)(=O)NC(C)C)cc2)c1-c1ccc(F)cc1. The zero-order valence-corrected chi connectivity index (χ0v) is 18.8. The molecule has 3 aromatic rings. The fourth-order valence-corrected chi connectivity index (χ4v) is 5.17. The number of hydrogen-bond acceptors (Lipinski definition) is 5. The molecule has 3 rings (SSSR count). The Balaban J connectivity index is 1.78. The first kappa shape index (κ1) is 22.9. The van der Waals surface area contributed by atoms with Crippen molar-refractivity contribution in [3.05, 3.63) is 68.9 Å². The first-order chi connectivity index (χ1) is 14.6. The number of hydrogen-bond donors (Lipinski definition) is 2. The quantitative estimate of drug-likeness (QED) is 0.562. The molecule has 2 N–H and O–H groups in total. The first-order valence-electron chi connectivity index (χ1n) is 9.45. The Labute approximate surface area is 183 Å². The van der Waals surface area contributed by atoms with Crippen LogP contribution in [-0.2, 0) is 21.4 Å². The van der Waals surface area contributed by atoms with Crippen molar-refractivity contribution in [1.29, 1.82) is 0 Å². The lowest BCUT2D eigenvalue weighted by Gasteiger charge is -2.12. The van der Waals surface area contributed by atoms with Gasteiger partial charge < -0.3 is 5.32 Å². The molecule has 0 spiro atoms. The van der Waals surface area contributed by atoms with Crippen molar-refractivity contribution in [2.24, 2.45) is 0 Å². The van der Waals surface area contributed by atoms with E-state index in [1.807, 2.05) is 0 Å². The number of aromatic nitrogens is 1. The molecule has 2 aromatic carbocycles. The molecule has 0 bridgehead atoms. The highest BCUT2D eigenvalue weighted by atomic mass is 32.2. The summed E-state index contributed by atoms with van der Waals surface area (Å²) in [6, 6.07) is 11.2. The number of carbonyl (C=O) groups is 1. The fourth-order valence-electron chi connectivity index (χ4n) is 3.07. The van der Waals surface area contributed by atoms with Gasteiger partial charge in [-0.3, -0.25) is 14.2 Å². The van der Waals surface area contributed by atoms with Crippen LogP contribution in [0.5, 0.6) is 0 Å². The molecule has 0 aliphatic heterocycles. The van der Waals surface area contributed by atoms with Gasteiger partial charge in [0, 0.05) is 16.6 Å². The Kier molecular flexibility index (Phi) is 6.73. The van der Waals surface area contributed by atoms with Crippen LogP contribution in [-0.4, -0.2) is 24.9 Å². The van der Waals surface area contributed by atoms with E-state index in [0.29, 0.717) is 16.9 Å². The average molecular weight is 464 g/mol. The number of nitrogens with zero attached hydrogens (tertiary/aromatic N) is 1. The molecule has 0 fully saturated rings. The van der Waals surface area contributed by atoms with E-state index in [-0.39, 0.29) is 22.4 Å². The average Bonchev–Trinajstić information content (AvgIpc) is 2.95. The molecule has 0 atom stereocenters. The zero-order valence-electron chi connectivity index (χ0n) is 17.2. The maximum Gasteiger partial charge on any atom is 0.308 e. The smallest absolute Gasteiger partial charge is 0.308 e. The van der Waals surface area contributed by atoms with E-state index in [0.717, 1.165) is 16.2 Å². The van der Waals surface area contributed by atoms with Gasteiger partial charge >= 0.3 is 4.87 Å². The number of aryl methyl sites for hydroxylation is 1. The highest BCUT2D eigenvalue weighted by Gasteiger charge is 2.18. The van der Waals surface area contributed by atoms with E-state index in [4.69, 9.17) is 0 Å². The summed E-state index contributed by atoms with van der Waals surface area (Å²) in [5.74, 6) is -0.837. The maximum atomic E-state index is 13.3. The van der Waals surface area contributed by atoms with Crippen LogP contribution in [0.1, 0.15) is 18.7 Å². The topological polar surface area (TPSA) is 97.3 Å². The zero-order chi connectivity index (χ0) is 22.8. The van der Waals surface area contributed by atoms with E-state index in [1.165, 1.54) is 41.0 Å². The number of nitrogens with one attached hydrogen (secondary N) is 2. The van der Waals surface area contributed by atoms with Crippen LogP contribution in [0, 0.1) is 12.7 Å². The summed E-state index contributed by atoms with van der Waals surface area (Å²) in [6.45, 7) is 4.98. The van der Waals surface area contributed by atoms with Gasteiger partial charge in [0.2, 0.25) is 15.9 Å². The van der Waals surface area contributed by atoms with E-state index >= 15 is 0 Å². The van der Waals surface area contributed by atoms with Gasteiger partial charge in [0.25, 0.3) is 0 Å². The minimum absolute atomic E-state index is 0.0856. The van der Waals surface area contributed by atoms with Gasteiger partial charge in [-0.2, -0.15) is 0 Å². The van der Waals surface area contributed by atoms with E-state index in [1.54, 1.807) is 32.9 Å². The highest BCUT2D eigenvalue weighted by Crippen LogP contribution is 2.25. The Morgan fingerprint density at radius 3 is 2.29 bits per heavy atom. The second kappa shape index (κ2) is 9.13. The summed E-state index contributed by atoms with van der Waals surface area (Å²) < 4.78 is 41.5.